The second-order valence-corrected chi connectivity index (χ2v) is 18.3. The predicted octanol–water partition coefficient (Wildman–Crippen LogP) is 15.1. The molecule has 2 fully saturated rings. The van der Waals surface area contributed by atoms with E-state index in [1.807, 2.05) is 0 Å². The molecule has 4 aromatic rings. The minimum atomic E-state index is -0.237. The van der Waals surface area contributed by atoms with Crippen LogP contribution in [0, 0.1) is 51.4 Å². The lowest BCUT2D eigenvalue weighted by Crippen LogP contribution is -2.26. The van der Waals surface area contributed by atoms with Crippen LogP contribution in [0.5, 0.6) is 23.0 Å². The molecule has 0 aromatic heterocycles. The first-order valence-electron chi connectivity index (χ1n) is 23.6. The SMILES string of the molecule is CCCCCC1CCC(C(=O)Oc2ccc(N=Nc3ccc(OC(=O)C4CCC(CCCCC)CC4)c(OCc4cc(C)cc(C)c4)c3OCc3cc(C)cc(C)c3)cc2)CC1. The number of esters is 2. The molecule has 0 atom stereocenters. The molecule has 0 N–H and O–H groups in total. The largest absolute Gasteiger partial charge is 0.483 e. The Balaban J connectivity index is 1.23. The Bertz CT molecular complexity index is 2050. The fraction of sp³-hybridized carbons (Fsp3) is 0.519. The summed E-state index contributed by atoms with van der Waals surface area (Å²) in [4.78, 5) is 27.0. The highest BCUT2D eigenvalue weighted by Gasteiger charge is 2.30. The maximum absolute atomic E-state index is 13.9. The molecule has 0 bridgehead atoms. The minimum Gasteiger partial charge on any atom is -0.483 e. The van der Waals surface area contributed by atoms with Crippen LogP contribution in [0.2, 0.25) is 0 Å². The Labute approximate surface area is 371 Å². The average Bonchev–Trinajstić information content (AvgIpc) is 3.25. The van der Waals surface area contributed by atoms with Crippen LogP contribution in [0.3, 0.4) is 0 Å². The molecule has 0 heterocycles. The number of carbonyl (C=O) groups excluding carboxylic acids is 2. The molecule has 332 valence electrons. The number of ether oxygens (including phenoxy) is 4. The Hall–Kier alpha value is -4.98. The number of hydrogen-bond acceptors (Lipinski definition) is 8. The van der Waals surface area contributed by atoms with Crippen LogP contribution in [-0.4, -0.2) is 11.9 Å². The van der Waals surface area contributed by atoms with Crippen molar-refractivity contribution in [2.24, 2.45) is 33.9 Å². The van der Waals surface area contributed by atoms with Crippen LogP contribution < -0.4 is 18.9 Å². The van der Waals surface area contributed by atoms with Crippen molar-refractivity contribution in [1.29, 1.82) is 0 Å². The summed E-state index contributed by atoms with van der Waals surface area (Å²) in [5.74, 6) is 2.25. The summed E-state index contributed by atoms with van der Waals surface area (Å²) in [5.41, 5.74) is 7.53. The molecule has 0 saturated heterocycles. The van der Waals surface area contributed by atoms with Crippen LogP contribution in [0.1, 0.15) is 150 Å². The molecule has 0 aliphatic heterocycles. The van der Waals surface area contributed by atoms with Gasteiger partial charge in [-0.25, -0.2) is 0 Å². The summed E-state index contributed by atoms with van der Waals surface area (Å²) in [6.07, 6.45) is 17.8. The standard InChI is InChI=1S/C54H70N2O6/c1-7-9-11-13-41-15-19-45(20-16-41)53(57)61-48-25-23-47(24-26-48)55-56-49-27-28-50(62-54(58)46-21-17-42(18-22-46)14-12-10-8-2)52(60-36-44-33-39(5)30-40(6)34-44)51(49)59-35-43-31-37(3)29-38(4)32-43/h23-34,41-42,45-46H,7-22,35-36H2,1-6H3. The van der Waals surface area contributed by atoms with E-state index in [2.05, 4.69) is 88.2 Å². The topological polar surface area (TPSA) is 95.8 Å². The molecule has 2 aliphatic rings. The predicted molar refractivity (Wildman–Crippen MR) is 248 cm³/mol. The number of unbranched alkanes of at least 4 members (excludes halogenated alkanes) is 4. The van der Waals surface area contributed by atoms with Gasteiger partial charge in [0.05, 0.1) is 17.5 Å². The van der Waals surface area contributed by atoms with Crippen LogP contribution in [0.15, 0.2) is 83.0 Å². The van der Waals surface area contributed by atoms with Gasteiger partial charge in [0, 0.05) is 0 Å². The van der Waals surface area contributed by atoms with E-state index in [0.29, 0.717) is 40.3 Å². The molecule has 0 spiro atoms. The highest BCUT2D eigenvalue weighted by molar-refractivity contribution is 5.78. The van der Waals surface area contributed by atoms with E-state index in [9.17, 15) is 9.59 Å². The molecular weight excluding hydrogens is 773 g/mol. The molecule has 0 radical (unpaired) electrons. The van der Waals surface area contributed by atoms with Crippen molar-refractivity contribution in [1.82, 2.24) is 0 Å². The van der Waals surface area contributed by atoms with E-state index in [0.717, 1.165) is 90.7 Å². The monoisotopic (exact) mass is 843 g/mol. The molecule has 62 heavy (non-hydrogen) atoms. The van der Waals surface area contributed by atoms with E-state index < -0.39 is 0 Å². The second kappa shape index (κ2) is 23.5. The van der Waals surface area contributed by atoms with E-state index in [1.165, 1.54) is 51.4 Å². The maximum Gasteiger partial charge on any atom is 0.314 e. The number of aryl methyl sites for hydroxylation is 4. The second-order valence-electron chi connectivity index (χ2n) is 18.3. The van der Waals surface area contributed by atoms with Crippen molar-refractivity contribution in [3.8, 4) is 23.0 Å². The van der Waals surface area contributed by atoms with Gasteiger partial charge in [-0.15, -0.1) is 5.11 Å². The molecule has 8 nitrogen and oxygen atoms in total. The number of carbonyl (C=O) groups is 2. The fourth-order valence-electron chi connectivity index (χ4n) is 9.41. The minimum absolute atomic E-state index is 0.0529. The summed E-state index contributed by atoms with van der Waals surface area (Å²) >= 11 is 0. The summed E-state index contributed by atoms with van der Waals surface area (Å²) in [6, 6.07) is 23.3. The van der Waals surface area contributed by atoms with Crippen molar-refractivity contribution in [3.63, 3.8) is 0 Å². The molecule has 4 aromatic carbocycles. The van der Waals surface area contributed by atoms with Gasteiger partial charge in [0.25, 0.3) is 0 Å². The number of hydrogen-bond donors (Lipinski definition) is 0. The van der Waals surface area contributed by atoms with Crippen molar-refractivity contribution in [3.05, 3.63) is 106 Å². The van der Waals surface area contributed by atoms with Gasteiger partial charge in [-0.1, -0.05) is 124 Å². The van der Waals surface area contributed by atoms with E-state index in [1.54, 1.807) is 36.4 Å². The third-order valence-electron chi connectivity index (χ3n) is 12.7. The van der Waals surface area contributed by atoms with Crippen molar-refractivity contribution in [2.45, 2.75) is 157 Å². The maximum atomic E-state index is 13.9. The lowest BCUT2D eigenvalue weighted by molar-refractivity contribution is -0.141. The smallest absolute Gasteiger partial charge is 0.314 e. The summed E-state index contributed by atoms with van der Waals surface area (Å²) in [6.45, 7) is 13.2. The van der Waals surface area contributed by atoms with Crippen molar-refractivity contribution >= 4 is 23.3 Å². The summed E-state index contributed by atoms with van der Waals surface area (Å²) < 4.78 is 25.4. The number of nitrogens with zero attached hydrogens (tertiary/aromatic N) is 2. The van der Waals surface area contributed by atoms with Gasteiger partial charge >= 0.3 is 11.9 Å². The van der Waals surface area contributed by atoms with Gasteiger partial charge in [-0.05, 0) is 138 Å². The first-order chi connectivity index (χ1) is 30.1. The summed E-state index contributed by atoms with van der Waals surface area (Å²) in [7, 11) is 0. The average molecular weight is 843 g/mol. The van der Waals surface area contributed by atoms with Gasteiger partial charge in [0.15, 0.2) is 11.5 Å². The van der Waals surface area contributed by atoms with Gasteiger partial charge in [0.1, 0.15) is 24.7 Å². The molecule has 8 heteroatoms. The third-order valence-corrected chi connectivity index (χ3v) is 12.7. The van der Waals surface area contributed by atoms with Crippen LogP contribution in [-0.2, 0) is 22.8 Å². The zero-order valence-electron chi connectivity index (χ0n) is 38.3. The number of benzene rings is 4. The molecule has 2 saturated carbocycles. The number of azo groups is 1. The van der Waals surface area contributed by atoms with Crippen LogP contribution in [0.4, 0.5) is 11.4 Å². The molecule has 0 unspecified atom stereocenters. The Morgan fingerprint density at radius 1 is 0.532 bits per heavy atom. The van der Waals surface area contributed by atoms with E-state index >= 15 is 0 Å². The fourth-order valence-corrected chi connectivity index (χ4v) is 9.41. The Morgan fingerprint density at radius 3 is 1.48 bits per heavy atom. The van der Waals surface area contributed by atoms with Crippen LogP contribution >= 0.6 is 0 Å². The van der Waals surface area contributed by atoms with E-state index in [-0.39, 0.29) is 37.0 Å². The zero-order valence-corrected chi connectivity index (χ0v) is 38.3. The van der Waals surface area contributed by atoms with Gasteiger partial charge in [-0.3, -0.25) is 9.59 Å². The third kappa shape index (κ3) is 14.0. The van der Waals surface area contributed by atoms with Crippen molar-refractivity contribution in [2.75, 3.05) is 0 Å². The van der Waals surface area contributed by atoms with Crippen molar-refractivity contribution < 1.29 is 28.5 Å². The van der Waals surface area contributed by atoms with Gasteiger partial charge in [-0.2, -0.15) is 5.11 Å². The molecule has 2 aliphatic carbocycles. The summed E-state index contributed by atoms with van der Waals surface area (Å²) in [5, 5.41) is 9.28. The quantitative estimate of drug-likeness (QED) is 0.0380. The highest BCUT2D eigenvalue weighted by Crippen LogP contribution is 2.47. The van der Waals surface area contributed by atoms with Gasteiger partial charge < -0.3 is 18.9 Å². The first kappa shape index (κ1) is 46.5. The number of rotatable bonds is 20. The lowest BCUT2D eigenvalue weighted by atomic mass is 9.80. The first-order valence-corrected chi connectivity index (χ1v) is 23.6. The Morgan fingerprint density at radius 2 is 1.00 bits per heavy atom. The molecule has 0 amide bonds. The molecule has 6 rings (SSSR count). The van der Waals surface area contributed by atoms with Gasteiger partial charge in [0.2, 0.25) is 5.75 Å². The van der Waals surface area contributed by atoms with Crippen LogP contribution in [0.25, 0.3) is 0 Å². The lowest BCUT2D eigenvalue weighted by Gasteiger charge is -2.27. The van der Waals surface area contributed by atoms with E-state index in [4.69, 9.17) is 18.9 Å². The zero-order chi connectivity index (χ0) is 43.8. The highest BCUT2D eigenvalue weighted by atomic mass is 16.6. The normalized spacial score (nSPS) is 19.0. The Kier molecular flexibility index (Phi) is 17.6. The molecular formula is C54H70N2O6.